The van der Waals surface area contributed by atoms with Gasteiger partial charge in [-0.3, -0.25) is 4.79 Å². The van der Waals surface area contributed by atoms with Gasteiger partial charge in [0.05, 0.1) is 25.2 Å². The van der Waals surface area contributed by atoms with Crippen LogP contribution in [0.3, 0.4) is 0 Å². The summed E-state index contributed by atoms with van der Waals surface area (Å²) in [5.74, 6) is -0.248. The number of morpholine rings is 1. The van der Waals surface area contributed by atoms with Crippen molar-refractivity contribution in [2.24, 2.45) is 0 Å². The van der Waals surface area contributed by atoms with Crippen LogP contribution in [0.1, 0.15) is 49.3 Å². The van der Waals surface area contributed by atoms with Crippen molar-refractivity contribution in [1.82, 2.24) is 4.90 Å². The van der Waals surface area contributed by atoms with Gasteiger partial charge in [0.15, 0.2) is 0 Å². The van der Waals surface area contributed by atoms with Crippen molar-refractivity contribution in [3.8, 4) is 0 Å². The van der Waals surface area contributed by atoms with E-state index in [0.717, 1.165) is 18.4 Å². The van der Waals surface area contributed by atoms with E-state index in [4.69, 9.17) is 4.74 Å². The Balaban J connectivity index is 1.65. The van der Waals surface area contributed by atoms with E-state index in [9.17, 15) is 14.3 Å². The number of carbonyl (C=O) groups excluding carboxylic acids is 1. The molecule has 1 saturated carbocycles. The molecule has 0 spiro atoms. The summed E-state index contributed by atoms with van der Waals surface area (Å²) < 4.78 is 19.2. The Bertz CT molecular complexity index is 584. The van der Waals surface area contributed by atoms with Gasteiger partial charge >= 0.3 is 0 Å². The first-order chi connectivity index (χ1) is 11.0. The largest absolute Gasteiger partial charge is 0.389 e. The normalized spacial score (nSPS) is 24.0. The molecule has 1 atom stereocenters. The highest BCUT2D eigenvalue weighted by Gasteiger charge is 2.36. The maximum atomic E-state index is 13.4. The molecule has 1 aliphatic heterocycles. The maximum absolute atomic E-state index is 13.4. The van der Waals surface area contributed by atoms with Gasteiger partial charge in [-0.2, -0.15) is 0 Å². The number of benzene rings is 1. The molecule has 1 N–H and O–H groups in total. The van der Waals surface area contributed by atoms with Crippen molar-refractivity contribution in [2.45, 2.75) is 50.7 Å². The van der Waals surface area contributed by atoms with E-state index in [-0.39, 0.29) is 24.2 Å². The molecule has 23 heavy (non-hydrogen) atoms. The highest BCUT2D eigenvalue weighted by atomic mass is 19.1. The van der Waals surface area contributed by atoms with Gasteiger partial charge in [0.25, 0.3) is 0 Å². The number of hydrogen-bond donors (Lipinski definition) is 1. The molecule has 1 aromatic rings. The van der Waals surface area contributed by atoms with Crippen molar-refractivity contribution >= 4 is 5.91 Å². The molecule has 3 rings (SSSR count). The number of hydrogen-bond acceptors (Lipinski definition) is 3. The maximum Gasteiger partial charge on any atom is 0.225 e. The van der Waals surface area contributed by atoms with Gasteiger partial charge in [0.1, 0.15) is 11.9 Å². The second-order valence-corrected chi connectivity index (χ2v) is 6.82. The van der Waals surface area contributed by atoms with Crippen LogP contribution in [0.2, 0.25) is 0 Å². The summed E-state index contributed by atoms with van der Waals surface area (Å²) in [6.45, 7) is 3.19. The Morgan fingerprint density at radius 3 is 2.87 bits per heavy atom. The standard InChI is InChI=1S/C18H24FNO3/c1-13-10-14(4-5-15(13)19)16-12-20(8-9-23-16)17(21)11-18(22)6-2-3-7-18/h4-5,10,16,22H,2-3,6-9,11-12H2,1H3. The molecule has 1 amide bonds. The van der Waals surface area contributed by atoms with Gasteiger partial charge in [-0.15, -0.1) is 0 Å². The smallest absolute Gasteiger partial charge is 0.225 e. The van der Waals surface area contributed by atoms with Gasteiger partial charge < -0.3 is 14.7 Å². The topological polar surface area (TPSA) is 49.8 Å². The van der Waals surface area contributed by atoms with Crippen molar-refractivity contribution in [3.05, 3.63) is 35.1 Å². The molecule has 0 bridgehead atoms. The molecule has 126 valence electrons. The molecule has 5 heteroatoms. The molecule has 1 aliphatic carbocycles. The number of rotatable bonds is 3. The molecular weight excluding hydrogens is 297 g/mol. The monoisotopic (exact) mass is 321 g/mol. The Morgan fingerprint density at radius 1 is 1.43 bits per heavy atom. The molecule has 0 radical (unpaired) electrons. The molecule has 1 heterocycles. The molecule has 0 aromatic heterocycles. The van der Waals surface area contributed by atoms with Crippen LogP contribution in [0.25, 0.3) is 0 Å². The number of halogens is 1. The summed E-state index contributed by atoms with van der Waals surface area (Å²) in [6, 6.07) is 4.93. The highest BCUT2D eigenvalue weighted by molar-refractivity contribution is 5.77. The summed E-state index contributed by atoms with van der Waals surface area (Å²) in [5.41, 5.74) is 0.646. The van der Waals surface area contributed by atoms with E-state index < -0.39 is 5.60 Å². The van der Waals surface area contributed by atoms with Crippen molar-refractivity contribution in [2.75, 3.05) is 19.7 Å². The van der Waals surface area contributed by atoms with Crippen LogP contribution in [0.5, 0.6) is 0 Å². The minimum atomic E-state index is -0.822. The van der Waals surface area contributed by atoms with E-state index in [1.807, 2.05) is 0 Å². The van der Waals surface area contributed by atoms with Gasteiger partial charge in [-0.25, -0.2) is 4.39 Å². The molecule has 1 unspecified atom stereocenters. The van der Waals surface area contributed by atoms with Crippen LogP contribution >= 0.6 is 0 Å². The summed E-state index contributed by atoms with van der Waals surface area (Å²) in [6.07, 6.45) is 3.37. The van der Waals surface area contributed by atoms with Gasteiger partial charge in [-0.1, -0.05) is 25.0 Å². The summed E-state index contributed by atoms with van der Waals surface area (Å²) in [5, 5.41) is 10.4. The highest BCUT2D eigenvalue weighted by Crippen LogP contribution is 2.33. The third-order valence-electron chi connectivity index (χ3n) is 4.99. The first kappa shape index (κ1) is 16.4. The lowest BCUT2D eigenvalue weighted by Crippen LogP contribution is -2.45. The van der Waals surface area contributed by atoms with Crippen LogP contribution in [0.15, 0.2) is 18.2 Å². The predicted molar refractivity (Wildman–Crippen MR) is 84.4 cm³/mol. The molecule has 2 fully saturated rings. The number of carbonyl (C=O) groups is 1. The van der Waals surface area contributed by atoms with Gasteiger partial charge in [0.2, 0.25) is 5.91 Å². The first-order valence-corrected chi connectivity index (χ1v) is 8.35. The Labute approximate surface area is 136 Å². The molecule has 1 saturated heterocycles. The van der Waals surface area contributed by atoms with Crippen LogP contribution in [0.4, 0.5) is 4.39 Å². The number of nitrogens with zero attached hydrogens (tertiary/aromatic N) is 1. The zero-order valence-corrected chi connectivity index (χ0v) is 13.6. The lowest BCUT2D eigenvalue weighted by molar-refractivity contribution is -0.144. The fourth-order valence-corrected chi connectivity index (χ4v) is 3.55. The van der Waals surface area contributed by atoms with Crippen molar-refractivity contribution in [3.63, 3.8) is 0 Å². The second-order valence-electron chi connectivity index (χ2n) is 6.82. The molecular formula is C18H24FNO3. The predicted octanol–water partition coefficient (Wildman–Crippen LogP) is 2.73. The number of aryl methyl sites for hydroxylation is 1. The fraction of sp³-hybridized carbons (Fsp3) is 0.611. The van der Waals surface area contributed by atoms with Crippen LogP contribution in [0, 0.1) is 12.7 Å². The molecule has 2 aliphatic rings. The van der Waals surface area contributed by atoms with Crippen molar-refractivity contribution in [1.29, 1.82) is 0 Å². The van der Waals surface area contributed by atoms with Gasteiger partial charge in [-0.05, 0) is 37.0 Å². The number of ether oxygens (including phenoxy) is 1. The SMILES string of the molecule is Cc1cc(C2CN(C(=O)CC3(O)CCCC3)CCO2)ccc1F. The third kappa shape index (κ3) is 3.72. The Hall–Kier alpha value is -1.46. The average molecular weight is 321 g/mol. The Morgan fingerprint density at radius 2 is 2.17 bits per heavy atom. The Kier molecular flexibility index (Phi) is 4.69. The number of aliphatic hydroxyl groups is 1. The van der Waals surface area contributed by atoms with Crippen LogP contribution in [-0.4, -0.2) is 41.2 Å². The summed E-state index contributed by atoms with van der Waals surface area (Å²) in [7, 11) is 0. The van der Waals surface area contributed by atoms with Crippen LogP contribution < -0.4 is 0 Å². The van der Waals surface area contributed by atoms with Gasteiger partial charge in [0, 0.05) is 6.54 Å². The van der Waals surface area contributed by atoms with E-state index in [2.05, 4.69) is 0 Å². The zero-order valence-electron chi connectivity index (χ0n) is 13.6. The van der Waals surface area contributed by atoms with Crippen LogP contribution in [-0.2, 0) is 9.53 Å². The minimum absolute atomic E-state index is 0.0125. The number of amides is 1. The van der Waals surface area contributed by atoms with E-state index in [0.29, 0.717) is 38.1 Å². The lowest BCUT2D eigenvalue weighted by atomic mass is 9.96. The van der Waals surface area contributed by atoms with E-state index >= 15 is 0 Å². The molecule has 4 nitrogen and oxygen atoms in total. The lowest BCUT2D eigenvalue weighted by Gasteiger charge is -2.35. The van der Waals surface area contributed by atoms with E-state index in [1.165, 1.54) is 6.07 Å². The minimum Gasteiger partial charge on any atom is -0.389 e. The molecule has 1 aromatic carbocycles. The van der Waals surface area contributed by atoms with Crippen molar-refractivity contribution < 1.29 is 19.0 Å². The second kappa shape index (κ2) is 6.57. The first-order valence-electron chi connectivity index (χ1n) is 8.35. The van der Waals surface area contributed by atoms with E-state index in [1.54, 1.807) is 24.0 Å². The zero-order chi connectivity index (χ0) is 16.4. The average Bonchev–Trinajstić information content (AvgIpc) is 2.96. The summed E-state index contributed by atoms with van der Waals surface area (Å²) in [4.78, 5) is 14.3. The summed E-state index contributed by atoms with van der Waals surface area (Å²) >= 11 is 0. The quantitative estimate of drug-likeness (QED) is 0.931. The third-order valence-corrected chi connectivity index (χ3v) is 4.99. The fourth-order valence-electron chi connectivity index (χ4n) is 3.55.